The summed E-state index contributed by atoms with van der Waals surface area (Å²) in [5, 5.41) is 0. The first kappa shape index (κ1) is 18.3. The van der Waals surface area contributed by atoms with E-state index in [2.05, 4.69) is 72.2 Å². The number of rotatable bonds is 8. The molecule has 3 aromatic carbocycles. The Kier molecular flexibility index (Phi) is 5.72. The Hall–Kier alpha value is -3.07. The zero-order valence-corrected chi connectivity index (χ0v) is 16.3. The van der Waals surface area contributed by atoms with Crippen molar-refractivity contribution in [1.82, 2.24) is 9.55 Å². The minimum Gasteiger partial charge on any atom is -0.493 e. The van der Waals surface area contributed by atoms with Gasteiger partial charge in [0.25, 0.3) is 0 Å². The topological polar surface area (TPSA) is 27.1 Å². The van der Waals surface area contributed by atoms with Crippen molar-refractivity contribution in [3.63, 3.8) is 0 Å². The number of aryl methyl sites for hydroxylation is 4. The van der Waals surface area contributed by atoms with Gasteiger partial charge in [-0.15, -0.1) is 0 Å². The first-order chi connectivity index (χ1) is 13.8. The molecule has 1 aromatic heterocycles. The van der Waals surface area contributed by atoms with Crippen LogP contribution in [-0.4, -0.2) is 16.2 Å². The van der Waals surface area contributed by atoms with E-state index in [9.17, 15) is 0 Å². The van der Waals surface area contributed by atoms with Gasteiger partial charge in [-0.25, -0.2) is 4.98 Å². The lowest BCUT2D eigenvalue weighted by atomic mass is 10.1. The Labute approximate surface area is 166 Å². The summed E-state index contributed by atoms with van der Waals surface area (Å²) in [4.78, 5) is 4.90. The van der Waals surface area contributed by atoms with Crippen LogP contribution in [0.1, 0.15) is 23.4 Å². The van der Waals surface area contributed by atoms with E-state index in [1.54, 1.807) is 0 Å². The maximum Gasteiger partial charge on any atom is 0.122 e. The van der Waals surface area contributed by atoms with Crippen LogP contribution in [0.25, 0.3) is 11.0 Å². The second-order valence-electron chi connectivity index (χ2n) is 7.12. The first-order valence-corrected chi connectivity index (χ1v) is 9.98. The molecule has 1 heterocycles. The minimum absolute atomic E-state index is 0.704. The third kappa shape index (κ3) is 4.25. The summed E-state index contributed by atoms with van der Waals surface area (Å²) in [6.45, 7) is 3.70. The second kappa shape index (κ2) is 8.75. The highest BCUT2D eigenvalue weighted by molar-refractivity contribution is 5.75. The van der Waals surface area contributed by atoms with Gasteiger partial charge in [0, 0.05) is 13.0 Å². The van der Waals surface area contributed by atoms with Gasteiger partial charge in [-0.05, 0) is 49.1 Å². The zero-order chi connectivity index (χ0) is 19.2. The van der Waals surface area contributed by atoms with E-state index >= 15 is 0 Å². The molecule has 3 heteroatoms. The van der Waals surface area contributed by atoms with Gasteiger partial charge < -0.3 is 9.30 Å². The fraction of sp³-hybridized carbons (Fsp3) is 0.240. The number of benzene rings is 3. The highest BCUT2D eigenvalue weighted by Gasteiger charge is 2.10. The molecule has 0 amide bonds. The fourth-order valence-electron chi connectivity index (χ4n) is 3.59. The van der Waals surface area contributed by atoms with Gasteiger partial charge in [0.1, 0.15) is 11.6 Å². The molecule has 0 unspecified atom stereocenters. The smallest absolute Gasteiger partial charge is 0.122 e. The fourth-order valence-corrected chi connectivity index (χ4v) is 3.59. The maximum absolute atomic E-state index is 5.98. The van der Waals surface area contributed by atoms with Gasteiger partial charge >= 0.3 is 0 Å². The highest BCUT2D eigenvalue weighted by Crippen LogP contribution is 2.19. The molecule has 0 saturated heterocycles. The number of aromatic nitrogens is 2. The molecule has 0 aliphatic carbocycles. The van der Waals surface area contributed by atoms with Gasteiger partial charge in [-0.1, -0.05) is 60.7 Å². The van der Waals surface area contributed by atoms with Crippen LogP contribution in [0.15, 0.2) is 78.9 Å². The maximum atomic E-state index is 5.98. The molecule has 0 N–H and O–H groups in total. The van der Waals surface area contributed by atoms with Crippen LogP contribution in [0.3, 0.4) is 0 Å². The van der Waals surface area contributed by atoms with Crippen LogP contribution < -0.4 is 4.74 Å². The summed E-state index contributed by atoms with van der Waals surface area (Å²) in [7, 11) is 0. The van der Waals surface area contributed by atoms with E-state index in [-0.39, 0.29) is 0 Å². The molecular formula is C25H26N2O. The van der Waals surface area contributed by atoms with E-state index in [1.807, 2.05) is 18.2 Å². The molecule has 0 atom stereocenters. The average molecular weight is 370 g/mol. The van der Waals surface area contributed by atoms with Crippen LogP contribution in [0, 0.1) is 6.92 Å². The van der Waals surface area contributed by atoms with E-state index in [4.69, 9.17) is 9.72 Å². The molecule has 0 bridgehead atoms. The number of nitrogens with zero attached hydrogens (tertiary/aromatic N) is 2. The number of ether oxygens (including phenoxy) is 1. The highest BCUT2D eigenvalue weighted by atomic mass is 16.5. The van der Waals surface area contributed by atoms with Gasteiger partial charge in [0.2, 0.25) is 0 Å². The lowest BCUT2D eigenvalue weighted by molar-refractivity contribution is 0.300. The number of para-hydroxylation sites is 3. The molecule has 28 heavy (non-hydrogen) atoms. The molecule has 0 fully saturated rings. The average Bonchev–Trinajstić information content (AvgIpc) is 3.09. The van der Waals surface area contributed by atoms with Crippen molar-refractivity contribution in [2.24, 2.45) is 0 Å². The van der Waals surface area contributed by atoms with Crippen LogP contribution in [0.5, 0.6) is 5.75 Å². The monoisotopic (exact) mass is 370 g/mol. The van der Waals surface area contributed by atoms with E-state index in [0.717, 1.165) is 42.9 Å². The van der Waals surface area contributed by atoms with E-state index in [1.165, 1.54) is 16.6 Å². The third-order valence-electron chi connectivity index (χ3n) is 5.09. The Morgan fingerprint density at radius 3 is 2.43 bits per heavy atom. The predicted molar refractivity (Wildman–Crippen MR) is 115 cm³/mol. The van der Waals surface area contributed by atoms with Crippen molar-refractivity contribution >= 4 is 11.0 Å². The molecule has 4 rings (SSSR count). The zero-order valence-electron chi connectivity index (χ0n) is 16.3. The number of hydrogen-bond acceptors (Lipinski definition) is 2. The molecular weight excluding hydrogens is 344 g/mol. The van der Waals surface area contributed by atoms with Gasteiger partial charge in [-0.2, -0.15) is 0 Å². The predicted octanol–water partition coefficient (Wildman–Crippen LogP) is 5.60. The summed E-state index contributed by atoms with van der Waals surface area (Å²) in [5.74, 6) is 2.13. The largest absolute Gasteiger partial charge is 0.493 e. The normalized spacial score (nSPS) is 11.0. The lowest BCUT2D eigenvalue weighted by Crippen LogP contribution is -2.09. The van der Waals surface area contributed by atoms with Crippen LogP contribution >= 0.6 is 0 Å². The van der Waals surface area contributed by atoms with Crippen molar-refractivity contribution in [2.75, 3.05) is 6.61 Å². The Balaban J connectivity index is 1.45. The summed E-state index contributed by atoms with van der Waals surface area (Å²) in [6, 6.07) is 27.2. The summed E-state index contributed by atoms with van der Waals surface area (Å²) < 4.78 is 8.34. The molecule has 4 aromatic rings. The van der Waals surface area contributed by atoms with Crippen molar-refractivity contribution < 1.29 is 4.74 Å². The number of hydrogen-bond donors (Lipinski definition) is 0. The van der Waals surface area contributed by atoms with Crippen molar-refractivity contribution in [3.8, 4) is 5.75 Å². The lowest BCUT2D eigenvalue weighted by Gasteiger charge is -2.11. The van der Waals surface area contributed by atoms with Crippen molar-refractivity contribution in [1.29, 1.82) is 0 Å². The molecule has 0 saturated carbocycles. The summed E-state index contributed by atoms with van der Waals surface area (Å²) in [5.41, 5.74) is 4.81. The number of fused-ring (bicyclic) bond motifs is 1. The third-order valence-corrected chi connectivity index (χ3v) is 5.09. The quantitative estimate of drug-likeness (QED) is 0.378. The minimum atomic E-state index is 0.704. The second-order valence-corrected chi connectivity index (χ2v) is 7.12. The SMILES string of the molecule is Cc1ccccc1OCCCn1c(CCc2ccccc2)nc2ccccc21. The van der Waals surface area contributed by atoms with Gasteiger partial charge in [0.15, 0.2) is 0 Å². The van der Waals surface area contributed by atoms with E-state index < -0.39 is 0 Å². The summed E-state index contributed by atoms with van der Waals surface area (Å²) in [6.07, 6.45) is 2.90. The van der Waals surface area contributed by atoms with E-state index in [0.29, 0.717) is 6.61 Å². The molecule has 142 valence electrons. The Morgan fingerprint density at radius 1 is 0.821 bits per heavy atom. The molecule has 0 radical (unpaired) electrons. The standard InChI is InChI=1S/C25H26N2O/c1-20-10-5-8-15-24(20)28-19-9-18-27-23-14-7-6-13-22(23)26-25(27)17-16-21-11-3-2-4-12-21/h2-8,10-15H,9,16-19H2,1H3. The molecule has 0 spiro atoms. The van der Waals surface area contributed by atoms with Crippen LogP contribution in [0.2, 0.25) is 0 Å². The molecule has 0 aliphatic rings. The molecule has 3 nitrogen and oxygen atoms in total. The number of imidazole rings is 1. The van der Waals surface area contributed by atoms with Crippen LogP contribution in [0.4, 0.5) is 0 Å². The molecule has 0 aliphatic heterocycles. The van der Waals surface area contributed by atoms with Crippen molar-refractivity contribution in [3.05, 3.63) is 95.8 Å². The Morgan fingerprint density at radius 2 is 1.57 bits per heavy atom. The van der Waals surface area contributed by atoms with Crippen LogP contribution in [-0.2, 0) is 19.4 Å². The first-order valence-electron chi connectivity index (χ1n) is 9.98. The Bertz CT molecular complexity index is 1040. The summed E-state index contributed by atoms with van der Waals surface area (Å²) >= 11 is 0. The van der Waals surface area contributed by atoms with Gasteiger partial charge in [-0.3, -0.25) is 0 Å². The van der Waals surface area contributed by atoms with Crippen molar-refractivity contribution in [2.45, 2.75) is 32.7 Å². The van der Waals surface area contributed by atoms with Gasteiger partial charge in [0.05, 0.1) is 17.6 Å².